The van der Waals surface area contributed by atoms with Gasteiger partial charge in [-0.05, 0) is 57.0 Å². The number of aryl methyl sites for hydroxylation is 1. The molecule has 108 valence electrons. The van der Waals surface area contributed by atoms with E-state index < -0.39 is 0 Å². The Morgan fingerprint density at radius 3 is 2.89 bits per heavy atom. The van der Waals surface area contributed by atoms with E-state index >= 15 is 0 Å². The molecule has 0 spiro atoms. The number of nitrogens with one attached hydrogen (secondary N) is 1. The second-order valence-electron chi connectivity index (χ2n) is 6.23. The standard InChI is InChI=1S/C16H28N2S/c1-4-7-17-10-14-6-5-12(2)8-15(14)9-16-18-13(3)11-19-16/h11-12,14-15,17H,4-10H2,1-3H3. The zero-order valence-electron chi connectivity index (χ0n) is 12.6. The summed E-state index contributed by atoms with van der Waals surface area (Å²) in [5.74, 6) is 2.58. The summed E-state index contributed by atoms with van der Waals surface area (Å²) in [4.78, 5) is 4.66. The number of hydrogen-bond acceptors (Lipinski definition) is 3. The topological polar surface area (TPSA) is 24.9 Å². The first-order valence-corrected chi connectivity index (χ1v) is 8.68. The molecule has 0 saturated heterocycles. The number of aromatic nitrogens is 1. The van der Waals surface area contributed by atoms with Crippen LogP contribution in [0, 0.1) is 24.7 Å². The van der Waals surface area contributed by atoms with E-state index in [9.17, 15) is 0 Å². The molecule has 1 aromatic heterocycles. The summed E-state index contributed by atoms with van der Waals surface area (Å²) >= 11 is 1.84. The molecule has 1 fully saturated rings. The van der Waals surface area contributed by atoms with Crippen molar-refractivity contribution in [1.82, 2.24) is 10.3 Å². The Kier molecular flexibility index (Phi) is 5.83. The molecular formula is C16H28N2S. The average Bonchev–Trinajstić information content (AvgIpc) is 2.78. The van der Waals surface area contributed by atoms with Crippen LogP contribution in [0.25, 0.3) is 0 Å². The number of rotatable bonds is 6. The van der Waals surface area contributed by atoms with Crippen LogP contribution in [0.3, 0.4) is 0 Å². The quantitative estimate of drug-likeness (QED) is 0.795. The highest BCUT2D eigenvalue weighted by Gasteiger charge is 2.29. The maximum Gasteiger partial charge on any atom is 0.0930 e. The fourth-order valence-corrected chi connectivity index (χ4v) is 4.13. The van der Waals surface area contributed by atoms with Crippen LogP contribution in [-0.2, 0) is 6.42 Å². The van der Waals surface area contributed by atoms with Crippen molar-refractivity contribution in [3.63, 3.8) is 0 Å². The summed E-state index contributed by atoms with van der Waals surface area (Å²) in [6.07, 6.45) is 6.62. The molecule has 2 rings (SSSR count). The van der Waals surface area contributed by atoms with Crippen molar-refractivity contribution in [2.24, 2.45) is 17.8 Å². The van der Waals surface area contributed by atoms with Gasteiger partial charge in [-0.1, -0.05) is 20.3 Å². The Labute approximate surface area is 122 Å². The lowest BCUT2D eigenvalue weighted by atomic mass is 9.73. The Balaban J connectivity index is 1.91. The van der Waals surface area contributed by atoms with E-state index in [1.807, 2.05) is 11.3 Å². The first-order valence-electron chi connectivity index (χ1n) is 7.80. The molecule has 0 amide bonds. The SMILES string of the molecule is CCCNCC1CCC(C)CC1Cc1nc(C)cs1. The molecule has 1 saturated carbocycles. The molecule has 0 bridgehead atoms. The molecule has 2 nitrogen and oxygen atoms in total. The Morgan fingerprint density at radius 1 is 1.37 bits per heavy atom. The third-order valence-corrected chi connectivity index (χ3v) is 5.33. The highest BCUT2D eigenvalue weighted by Crippen LogP contribution is 2.36. The van der Waals surface area contributed by atoms with Gasteiger partial charge < -0.3 is 5.32 Å². The van der Waals surface area contributed by atoms with Crippen LogP contribution in [0.15, 0.2) is 5.38 Å². The van der Waals surface area contributed by atoms with Crippen molar-refractivity contribution >= 4 is 11.3 Å². The maximum atomic E-state index is 4.66. The highest BCUT2D eigenvalue weighted by molar-refractivity contribution is 7.09. The fraction of sp³-hybridized carbons (Fsp3) is 0.812. The van der Waals surface area contributed by atoms with Crippen molar-refractivity contribution in [2.75, 3.05) is 13.1 Å². The lowest BCUT2D eigenvalue weighted by Gasteiger charge is -2.34. The van der Waals surface area contributed by atoms with Gasteiger partial charge in [-0.15, -0.1) is 11.3 Å². The first-order chi connectivity index (χ1) is 9.19. The molecular weight excluding hydrogens is 252 g/mol. The van der Waals surface area contributed by atoms with Gasteiger partial charge in [0.15, 0.2) is 0 Å². The van der Waals surface area contributed by atoms with Crippen LogP contribution in [-0.4, -0.2) is 18.1 Å². The monoisotopic (exact) mass is 280 g/mol. The van der Waals surface area contributed by atoms with Crippen LogP contribution >= 0.6 is 11.3 Å². The largest absolute Gasteiger partial charge is 0.316 e. The van der Waals surface area contributed by atoms with Gasteiger partial charge in [0.05, 0.1) is 5.01 Å². The summed E-state index contributed by atoms with van der Waals surface area (Å²) in [7, 11) is 0. The van der Waals surface area contributed by atoms with Gasteiger partial charge in [-0.2, -0.15) is 0 Å². The van der Waals surface area contributed by atoms with Gasteiger partial charge in [0.1, 0.15) is 0 Å². The third kappa shape index (κ3) is 4.57. The molecule has 1 aliphatic carbocycles. The second-order valence-corrected chi connectivity index (χ2v) is 7.17. The molecule has 1 heterocycles. The summed E-state index contributed by atoms with van der Waals surface area (Å²) < 4.78 is 0. The number of thiazole rings is 1. The molecule has 1 aliphatic rings. The van der Waals surface area contributed by atoms with Crippen molar-refractivity contribution in [1.29, 1.82) is 0 Å². The van der Waals surface area contributed by atoms with Gasteiger partial charge in [-0.25, -0.2) is 4.98 Å². The summed E-state index contributed by atoms with van der Waals surface area (Å²) in [5.41, 5.74) is 1.18. The smallest absolute Gasteiger partial charge is 0.0930 e. The molecule has 1 N–H and O–H groups in total. The van der Waals surface area contributed by atoms with Crippen molar-refractivity contribution < 1.29 is 0 Å². The maximum absolute atomic E-state index is 4.66. The van der Waals surface area contributed by atoms with E-state index in [4.69, 9.17) is 0 Å². The zero-order valence-corrected chi connectivity index (χ0v) is 13.4. The van der Waals surface area contributed by atoms with Crippen LogP contribution in [0.2, 0.25) is 0 Å². The van der Waals surface area contributed by atoms with Crippen molar-refractivity contribution in [3.05, 3.63) is 16.1 Å². The number of hydrogen-bond donors (Lipinski definition) is 1. The molecule has 0 aromatic carbocycles. The lowest BCUT2D eigenvalue weighted by molar-refractivity contribution is 0.183. The van der Waals surface area contributed by atoms with Crippen LogP contribution in [0.5, 0.6) is 0 Å². The van der Waals surface area contributed by atoms with E-state index in [0.29, 0.717) is 0 Å². The summed E-state index contributed by atoms with van der Waals surface area (Å²) in [6, 6.07) is 0. The molecule has 3 unspecified atom stereocenters. The third-order valence-electron chi connectivity index (χ3n) is 4.34. The summed E-state index contributed by atoms with van der Waals surface area (Å²) in [6.45, 7) is 9.12. The van der Waals surface area contributed by atoms with Crippen LogP contribution < -0.4 is 5.32 Å². The lowest BCUT2D eigenvalue weighted by Crippen LogP contribution is -2.34. The molecule has 0 aliphatic heterocycles. The first kappa shape index (κ1) is 15.0. The summed E-state index contributed by atoms with van der Waals surface area (Å²) in [5, 5.41) is 7.15. The van der Waals surface area contributed by atoms with Crippen molar-refractivity contribution in [3.8, 4) is 0 Å². The van der Waals surface area contributed by atoms with E-state index in [1.54, 1.807) is 0 Å². The van der Waals surface area contributed by atoms with Gasteiger partial charge >= 0.3 is 0 Å². The van der Waals surface area contributed by atoms with E-state index in [1.165, 1.54) is 49.4 Å². The molecule has 19 heavy (non-hydrogen) atoms. The highest BCUT2D eigenvalue weighted by atomic mass is 32.1. The Morgan fingerprint density at radius 2 is 2.21 bits per heavy atom. The fourth-order valence-electron chi connectivity index (χ4n) is 3.27. The van der Waals surface area contributed by atoms with E-state index in [0.717, 1.165) is 24.3 Å². The molecule has 1 aromatic rings. The van der Waals surface area contributed by atoms with Crippen molar-refractivity contribution in [2.45, 2.75) is 52.9 Å². The van der Waals surface area contributed by atoms with Gasteiger partial charge in [-0.3, -0.25) is 0 Å². The van der Waals surface area contributed by atoms with Crippen LogP contribution in [0.4, 0.5) is 0 Å². The minimum atomic E-state index is 0.832. The minimum Gasteiger partial charge on any atom is -0.316 e. The zero-order chi connectivity index (χ0) is 13.7. The Bertz CT molecular complexity index is 375. The normalized spacial score (nSPS) is 27.6. The van der Waals surface area contributed by atoms with Gasteiger partial charge in [0, 0.05) is 17.5 Å². The average molecular weight is 280 g/mol. The molecule has 3 heteroatoms. The number of nitrogens with zero attached hydrogens (tertiary/aromatic N) is 1. The van der Waals surface area contributed by atoms with Gasteiger partial charge in [0.2, 0.25) is 0 Å². The second kappa shape index (κ2) is 7.39. The van der Waals surface area contributed by atoms with E-state index in [2.05, 4.69) is 36.5 Å². The minimum absolute atomic E-state index is 0.832. The van der Waals surface area contributed by atoms with Crippen LogP contribution in [0.1, 0.15) is 50.2 Å². The van der Waals surface area contributed by atoms with E-state index in [-0.39, 0.29) is 0 Å². The molecule has 0 radical (unpaired) electrons. The molecule has 3 atom stereocenters. The van der Waals surface area contributed by atoms with Gasteiger partial charge in [0.25, 0.3) is 0 Å². The predicted octanol–water partition coefficient (Wildman–Crippen LogP) is 4.05. The Hall–Kier alpha value is -0.410. The predicted molar refractivity (Wildman–Crippen MR) is 83.7 cm³/mol.